The molecule has 4 rings (SSSR count). The summed E-state index contributed by atoms with van der Waals surface area (Å²) in [6, 6.07) is 13.5. The zero-order chi connectivity index (χ0) is 21.1. The van der Waals surface area contributed by atoms with Crippen molar-refractivity contribution in [1.29, 1.82) is 0 Å². The molecule has 0 aliphatic heterocycles. The first-order valence-electron chi connectivity index (χ1n) is 8.97. The molecule has 2 heterocycles. The number of fused-ring (bicyclic) bond motifs is 2. The zero-order valence-corrected chi connectivity index (χ0v) is 15.5. The highest BCUT2D eigenvalue weighted by Crippen LogP contribution is 2.11. The minimum atomic E-state index is -0.829. The number of nitrogens with zero attached hydrogens (tertiary/aromatic N) is 6. The van der Waals surface area contributed by atoms with Crippen molar-refractivity contribution in [3.05, 3.63) is 60.7 Å². The standard InChI is InChI=1S/C20H14N6O4/c27-17(19(29)25-15-9-3-1-7-13(15)21-23-25)11-5-6-12-18(28)20(30)26-16-10-4-2-8-14(16)22-24-26/h1-10H,11-12H2/b6-5+. The van der Waals surface area contributed by atoms with Gasteiger partial charge in [0, 0.05) is 12.8 Å². The molecule has 0 amide bonds. The molecule has 0 saturated heterocycles. The summed E-state index contributed by atoms with van der Waals surface area (Å²) in [5.74, 6) is -3.10. The van der Waals surface area contributed by atoms with Gasteiger partial charge < -0.3 is 0 Å². The Labute approximate surface area is 168 Å². The van der Waals surface area contributed by atoms with E-state index in [-0.39, 0.29) is 12.8 Å². The minimum absolute atomic E-state index is 0.235. The lowest BCUT2D eigenvalue weighted by Crippen LogP contribution is -2.23. The Balaban J connectivity index is 1.36. The normalized spacial score (nSPS) is 11.3. The van der Waals surface area contributed by atoms with Crippen molar-refractivity contribution in [2.24, 2.45) is 0 Å². The number of carbonyl (C=O) groups is 4. The van der Waals surface area contributed by atoms with E-state index in [1.807, 2.05) is 0 Å². The van der Waals surface area contributed by atoms with Gasteiger partial charge in [-0.15, -0.1) is 10.2 Å². The maximum absolute atomic E-state index is 12.3. The zero-order valence-electron chi connectivity index (χ0n) is 15.5. The van der Waals surface area contributed by atoms with Gasteiger partial charge in [0.05, 0.1) is 11.0 Å². The van der Waals surface area contributed by atoms with Crippen LogP contribution in [0.25, 0.3) is 22.1 Å². The molecule has 2 aromatic heterocycles. The van der Waals surface area contributed by atoms with Crippen molar-refractivity contribution < 1.29 is 19.2 Å². The average molecular weight is 402 g/mol. The molecule has 0 radical (unpaired) electrons. The van der Waals surface area contributed by atoms with Crippen molar-refractivity contribution in [2.45, 2.75) is 12.8 Å². The van der Waals surface area contributed by atoms with Gasteiger partial charge in [0.15, 0.2) is 0 Å². The van der Waals surface area contributed by atoms with Crippen molar-refractivity contribution >= 4 is 45.4 Å². The van der Waals surface area contributed by atoms with Gasteiger partial charge in [0.25, 0.3) is 0 Å². The average Bonchev–Trinajstić information content (AvgIpc) is 3.39. The molecule has 0 bridgehead atoms. The summed E-state index contributed by atoms with van der Waals surface area (Å²) >= 11 is 0. The molecular formula is C20H14N6O4. The van der Waals surface area contributed by atoms with Crippen molar-refractivity contribution in [3.8, 4) is 0 Å². The fraction of sp³-hybridized carbons (Fsp3) is 0.100. The van der Waals surface area contributed by atoms with E-state index in [2.05, 4.69) is 20.6 Å². The summed E-state index contributed by atoms with van der Waals surface area (Å²) in [7, 11) is 0. The number of hydrogen-bond donors (Lipinski definition) is 0. The van der Waals surface area contributed by atoms with Crippen LogP contribution in [-0.4, -0.2) is 53.4 Å². The fourth-order valence-corrected chi connectivity index (χ4v) is 2.83. The molecule has 30 heavy (non-hydrogen) atoms. The van der Waals surface area contributed by atoms with E-state index in [1.165, 1.54) is 12.2 Å². The van der Waals surface area contributed by atoms with Gasteiger partial charge in [-0.25, -0.2) is 0 Å². The molecule has 0 unspecified atom stereocenters. The maximum Gasteiger partial charge on any atom is 0.316 e. The number of allylic oxidation sites excluding steroid dienone is 2. The van der Waals surface area contributed by atoms with Crippen molar-refractivity contribution in [3.63, 3.8) is 0 Å². The van der Waals surface area contributed by atoms with Crippen LogP contribution in [0, 0.1) is 0 Å². The number of Topliss-reactive ketones (excluding diaryl/α,β-unsaturated/α-hetero) is 2. The molecule has 0 aliphatic carbocycles. The number of para-hydroxylation sites is 2. The van der Waals surface area contributed by atoms with Gasteiger partial charge in [0.2, 0.25) is 11.6 Å². The highest BCUT2D eigenvalue weighted by molar-refractivity contribution is 6.38. The summed E-state index contributed by atoms with van der Waals surface area (Å²) in [5.41, 5.74) is 1.86. The third-order valence-corrected chi connectivity index (χ3v) is 4.34. The number of rotatable bonds is 6. The lowest BCUT2D eigenvalue weighted by atomic mass is 10.2. The van der Waals surface area contributed by atoms with Crippen LogP contribution in [0.15, 0.2) is 60.7 Å². The molecule has 0 spiro atoms. The van der Waals surface area contributed by atoms with Crippen LogP contribution in [0.4, 0.5) is 0 Å². The van der Waals surface area contributed by atoms with Gasteiger partial charge in [-0.2, -0.15) is 9.36 Å². The molecule has 10 nitrogen and oxygen atoms in total. The van der Waals surface area contributed by atoms with Crippen LogP contribution < -0.4 is 0 Å². The molecule has 148 valence electrons. The number of ketones is 2. The molecule has 4 aromatic rings. The van der Waals surface area contributed by atoms with E-state index in [1.54, 1.807) is 48.5 Å². The van der Waals surface area contributed by atoms with Crippen LogP contribution in [-0.2, 0) is 9.59 Å². The van der Waals surface area contributed by atoms with Crippen LogP contribution >= 0.6 is 0 Å². The van der Waals surface area contributed by atoms with Crippen LogP contribution in [0.5, 0.6) is 0 Å². The van der Waals surface area contributed by atoms with E-state index >= 15 is 0 Å². The Kier molecular flexibility index (Phi) is 5.04. The van der Waals surface area contributed by atoms with E-state index in [0.717, 1.165) is 9.36 Å². The molecule has 2 aromatic carbocycles. The summed E-state index contributed by atoms with van der Waals surface area (Å²) in [4.78, 5) is 48.8. The predicted octanol–water partition coefficient (Wildman–Crippen LogP) is 1.63. The van der Waals surface area contributed by atoms with Gasteiger partial charge in [0.1, 0.15) is 11.0 Å². The van der Waals surface area contributed by atoms with Crippen LogP contribution in [0.2, 0.25) is 0 Å². The Morgan fingerprint density at radius 1 is 0.667 bits per heavy atom. The van der Waals surface area contributed by atoms with Crippen LogP contribution in [0.1, 0.15) is 22.4 Å². The molecular weight excluding hydrogens is 388 g/mol. The van der Waals surface area contributed by atoms with E-state index in [0.29, 0.717) is 22.1 Å². The van der Waals surface area contributed by atoms with Gasteiger partial charge in [-0.1, -0.05) is 46.8 Å². The number of hydrogen-bond acceptors (Lipinski definition) is 8. The minimum Gasteiger partial charge on any atom is -0.288 e. The molecule has 0 N–H and O–H groups in total. The van der Waals surface area contributed by atoms with Gasteiger partial charge >= 0.3 is 11.8 Å². The number of aromatic nitrogens is 6. The Morgan fingerprint density at radius 3 is 1.50 bits per heavy atom. The molecule has 0 saturated carbocycles. The largest absolute Gasteiger partial charge is 0.316 e. The molecule has 10 heteroatoms. The quantitative estimate of drug-likeness (QED) is 0.351. The number of benzene rings is 2. The van der Waals surface area contributed by atoms with Gasteiger partial charge in [-0.3, -0.25) is 19.2 Å². The highest BCUT2D eigenvalue weighted by atomic mass is 16.2. The lowest BCUT2D eigenvalue weighted by molar-refractivity contribution is -0.115. The summed E-state index contributed by atoms with van der Waals surface area (Å²) in [6.45, 7) is 0. The third kappa shape index (κ3) is 3.53. The fourth-order valence-electron chi connectivity index (χ4n) is 2.83. The van der Waals surface area contributed by atoms with E-state index in [9.17, 15) is 19.2 Å². The van der Waals surface area contributed by atoms with Crippen LogP contribution in [0.3, 0.4) is 0 Å². The Morgan fingerprint density at radius 2 is 1.07 bits per heavy atom. The first-order valence-corrected chi connectivity index (χ1v) is 8.97. The SMILES string of the molecule is O=C(C/C=C/CC(=O)C(=O)n1nnc2ccccc21)C(=O)n1nnc2ccccc21. The second-order valence-electron chi connectivity index (χ2n) is 6.32. The first-order chi connectivity index (χ1) is 14.6. The van der Waals surface area contributed by atoms with E-state index < -0.39 is 23.4 Å². The second-order valence-corrected chi connectivity index (χ2v) is 6.32. The monoisotopic (exact) mass is 402 g/mol. The smallest absolute Gasteiger partial charge is 0.288 e. The summed E-state index contributed by atoms with van der Waals surface area (Å²) < 4.78 is 1.88. The second kappa shape index (κ2) is 7.95. The summed E-state index contributed by atoms with van der Waals surface area (Å²) in [6.07, 6.45) is 2.26. The Bertz CT molecular complexity index is 1230. The summed E-state index contributed by atoms with van der Waals surface area (Å²) in [5, 5.41) is 15.1. The lowest BCUT2D eigenvalue weighted by Gasteiger charge is -1.99. The van der Waals surface area contributed by atoms with Crippen molar-refractivity contribution in [2.75, 3.05) is 0 Å². The first kappa shape index (κ1) is 19.0. The number of carbonyl (C=O) groups excluding carboxylic acids is 4. The topological polar surface area (TPSA) is 130 Å². The molecule has 0 fully saturated rings. The maximum atomic E-state index is 12.3. The molecule has 0 atom stereocenters. The predicted molar refractivity (Wildman–Crippen MR) is 105 cm³/mol. The van der Waals surface area contributed by atoms with E-state index in [4.69, 9.17) is 0 Å². The highest BCUT2D eigenvalue weighted by Gasteiger charge is 2.20. The Hall–Kier alpha value is -4.34. The van der Waals surface area contributed by atoms with Gasteiger partial charge in [-0.05, 0) is 24.3 Å². The third-order valence-electron chi connectivity index (χ3n) is 4.34. The van der Waals surface area contributed by atoms with Crippen molar-refractivity contribution in [1.82, 2.24) is 30.0 Å². The molecule has 0 aliphatic rings.